The van der Waals surface area contributed by atoms with Gasteiger partial charge >= 0.3 is 5.97 Å². The molecule has 0 unspecified atom stereocenters. The zero-order valence-corrected chi connectivity index (χ0v) is 9.49. The molecule has 1 amide bonds. The summed E-state index contributed by atoms with van der Waals surface area (Å²) in [5.74, 6) is -1.18. The third-order valence-electron chi connectivity index (χ3n) is 2.54. The normalized spacial score (nSPS) is 23.6. The summed E-state index contributed by atoms with van der Waals surface area (Å²) >= 11 is 0. The van der Waals surface area contributed by atoms with Crippen molar-refractivity contribution in [2.45, 2.75) is 13.3 Å². The van der Waals surface area contributed by atoms with E-state index in [1.165, 1.54) is 17.9 Å². The van der Waals surface area contributed by atoms with Gasteiger partial charge in [0.15, 0.2) is 5.41 Å². The summed E-state index contributed by atoms with van der Waals surface area (Å²) in [5, 5.41) is 0. The molecule has 1 aliphatic rings. The maximum atomic E-state index is 11.7. The summed E-state index contributed by atoms with van der Waals surface area (Å²) in [5.41, 5.74) is -1.29. The third-order valence-corrected chi connectivity index (χ3v) is 2.54. The molecule has 1 aliphatic heterocycles. The first kappa shape index (κ1) is 12.4. The number of carbonyl (C=O) groups excluding carboxylic acids is 3. The Hall–Kier alpha value is -1.65. The van der Waals surface area contributed by atoms with Crippen LogP contribution in [0.15, 0.2) is 12.7 Å². The highest BCUT2D eigenvalue weighted by atomic mass is 16.5. The van der Waals surface area contributed by atoms with E-state index in [9.17, 15) is 14.4 Å². The molecule has 0 aromatic heterocycles. The van der Waals surface area contributed by atoms with Crippen molar-refractivity contribution < 1.29 is 19.1 Å². The second-order valence-corrected chi connectivity index (χ2v) is 4.01. The van der Waals surface area contributed by atoms with Gasteiger partial charge in [-0.2, -0.15) is 0 Å². The maximum Gasteiger partial charge on any atom is 0.324 e. The molecule has 0 aliphatic carbocycles. The molecule has 0 aromatic rings. The summed E-state index contributed by atoms with van der Waals surface area (Å²) in [6.07, 6.45) is 1.33. The van der Waals surface area contributed by atoms with Gasteiger partial charge < -0.3 is 9.64 Å². The molecule has 0 radical (unpaired) electrons. The number of amides is 1. The molecular weight excluding hydrogens is 210 g/mol. The number of β-lactam (4-membered cyclic amide) rings is 1. The lowest BCUT2D eigenvalue weighted by atomic mass is 9.75. The standard InChI is InChI=1S/C11H15NO4/c1-4-5-16-10(15)11(6-8(2)13)7-12(3)9(11)14/h4H,1,5-7H2,2-3H3/t11-/m1/s1. The number of rotatable bonds is 5. The number of Topliss-reactive ketones (excluding diaryl/α,β-unsaturated/α-hetero) is 1. The first-order valence-electron chi connectivity index (χ1n) is 4.97. The van der Waals surface area contributed by atoms with Crippen molar-refractivity contribution >= 4 is 17.7 Å². The molecule has 1 atom stereocenters. The SMILES string of the molecule is C=CCOC(=O)[C@]1(CC(C)=O)CN(C)C1=O. The Morgan fingerprint density at radius 1 is 1.62 bits per heavy atom. The molecule has 0 spiro atoms. The molecule has 5 heteroatoms. The number of carbonyl (C=O) groups is 3. The van der Waals surface area contributed by atoms with Crippen molar-refractivity contribution in [3.63, 3.8) is 0 Å². The van der Waals surface area contributed by atoms with Crippen LogP contribution in [0.4, 0.5) is 0 Å². The van der Waals surface area contributed by atoms with Crippen molar-refractivity contribution in [2.75, 3.05) is 20.2 Å². The Morgan fingerprint density at radius 3 is 2.62 bits per heavy atom. The van der Waals surface area contributed by atoms with Crippen molar-refractivity contribution in [3.05, 3.63) is 12.7 Å². The summed E-state index contributed by atoms with van der Waals surface area (Å²) in [6.45, 7) is 5.06. The summed E-state index contributed by atoms with van der Waals surface area (Å²) in [6, 6.07) is 0. The molecule has 0 saturated carbocycles. The van der Waals surface area contributed by atoms with Gasteiger partial charge in [0.25, 0.3) is 0 Å². The van der Waals surface area contributed by atoms with Crippen LogP contribution >= 0.6 is 0 Å². The minimum Gasteiger partial charge on any atom is -0.461 e. The molecule has 0 aromatic carbocycles. The van der Waals surface area contributed by atoms with E-state index >= 15 is 0 Å². The van der Waals surface area contributed by atoms with Gasteiger partial charge in [-0.25, -0.2) is 0 Å². The van der Waals surface area contributed by atoms with Crippen LogP contribution in [-0.2, 0) is 19.1 Å². The number of esters is 1. The van der Waals surface area contributed by atoms with Crippen LogP contribution in [0.3, 0.4) is 0 Å². The highest BCUT2D eigenvalue weighted by Crippen LogP contribution is 2.36. The van der Waals surface area contributed by atoms with Crippen molar-refractivity contribution in [1.82, 2.24) is 4.90 Å². The average Bonchev–Trinajstić information content (AvgIpc) is 2.23. The van der Waals surface area contributed by atoms with E-state index in [-0.39, 0.29) is 31.3 Å². The first-order valence-corrected chi connectivity index (χ1v) is 4.97. The molecule has 16 heavy (non-hydrogen) atoms. The molecule has 1 fully saturated rings. The van der Waals surface area contributed by atoms with Crippen LogP contribution < -0.4 is 0 Å². The predicted molar refractivity (Wildman–Crippen MR) is 56.5 cm³/mol. The molecule has 0 N–H and O–H groups in total. The van der Waals surface area contributed by atoms with Crippen LogP contribution in [0.25, 0.3) is 0 Å². The van der Waals surface area contributed by atoms with Crippen LogP contribution in [0.1, 0.15) is 13.3 Å². The quantitative estimate of drug-likeness (QED) is 0.289. The zero-order chi connectivity index (χ0) is 12.3. The fourth-order valence-corrected chi connectivity index (χ4v) is 1.87. The van der Waals surface area contributed by atoms with Gasteiger partial charge in [0.2, 0.25) is 5.91 Å². The van der Waals surface area contributed by atoms with Gasteiger partial charge in [-0.15, -0.1) is 0 Å². The highest BCUT2D eigenvalue weighted by molar-refractivity contribution is 6.10. The van der Waals surface area contributed by atoms with E-state index in [0.29, 0.717) is 0 Å². The number of ether oxygens (including phenoxy) is 1. The average molecular weight is 225 g/mol. The second-order valence-electron chi connectivity index (χ2n) is 4.01. The topological polar surface area (TPSA) is 63.7 Å². The van der Waals surface area contributed by atoms with Crippen molar-refractivity contribution in [3.8, 4) is 0 Å². The van der Waals surface area contributed by atoms with E-state index in [4.69, 9.17) is 4.74 Å². The van der Waals surface area contributed by atoms with Crippen LogP contribution in [0.2, 0.25) is 0 Å². The predicted octanol–water partition coefficient (Wildman–Crippen LogP) is 0.153. The Balaban J connectivity index is 2.80. The van der Waals surface area contributed by atoms with Gasteiger partial charge in [0, 0.05) is 20.0 Å². The minimum atomic E-state index is -1.29. The Kier molecular flexibility index (Phi) is 3.47. The van der Waals surface area contributed by atoms with E-state index in [2.05, 4.69) is 6.58 Å². The van der Waals surface area contributed by atoms with Crippen LogP contribution in [-0.4, -0.2) is 42.8 Å². The van der Waals surface area contributed by atoms with Crippen molar-refractivity contribution in [2.24, 2.45) is 5.41 Å². The monoisotopic (exact) mass is 225 g/mol. The van der Waals surface area contributed by atoms with E-state index in [1.807, 2.05) is 0 Å². The maximum absolute atomic E-state index is 11.7. The minimum absolute atomic E-state index is 0.0511. The van der Waals surface area contributed by atoms with Crippen LogP contribution in [0.5, 0.6) is 0 Å². The molecule has 1 heterocycles. The van der Waals surface area contributed by atoms with Gasteiger partial charge in [0.1, 0.15) is 12.4 Å². The van der Waals surface area contributed by atoms with E-state index < -0.39 is 11.4 Å². The van der Waals surface area contributed by atoms with Crippen LogP contribution in [0, 0.1) is 5.41 Å². The summed E-state index contributed by atoms with van der Waals surface area (Å²) in [4.78, 5) is 35.9. The molecule has 88 valence electrons. The molecular formula is C11H15NO4. The molecule has 5 nitrogen and oxygen atoms in total. The molecule has 0 bridgehead atoms. The molecule has 1 rings (SSSR count). The zero-order valence-electron chi connectivity index (χ0n) is 9.49. The lowest BCUT2D eigenvalue weighted by molar-refractivity contribution is -0.179. The Bertz CT molecular complexity index is 350. The largest absolute Gasteiger partial charge is 0.461 e. The van der Waals surface area contributed by atoms with E-state index in [1.54, 1.807) is 7.05 Å². The van der Waals surface area contributed by atoms with E-state index in [0.717, 1.165) is 0 Å². The lowest BCUT2D eigenvalue weighted by Crippen LogP contribution is -2.64. The Morgan fingerprint density at radius 2 is 2.25 bits per heavy atom. The lowest BCUT2D eigenvalue weighted by Gasteiger charge is -2.44. The fourth-order valence-electron chi connectivity index (χ4n) is 1.87. The van der Waals surface area contributed by atoms with Gasteiger partial charge in [-0.05, 0) is 6.92 Å². The number of ketones is 1. The summed E-state index contributed by atoms with van der Waals surface area (Å²) in [7, 11) is 1.58. The summed E-state index contributed by atoms with van der Waals surface area (Å²) < 4.78 is 4.86. The van der Waals surface area contributed by atoms with Gasteiger partial charge in [0.05, 0.1) is 0 Å². The highest BCUT2D eigenvalue weighted by Gasteiger charge is 2.58. The fraction of sp³-hybridized carbons (Fsp3) is 0.545. The smallest absolute Gasteiger partial charge is 0.324 e. The first-order chi connectivity index (χ1) is 7.44. The Labute approximate surface area is 94.1 Å². The van der Waals surface area contributed by atoms with Gasteiger partial charge in [-0.1, -0.05) is 12.7 Å². The number of nitrogens with zero attached hydrogens (tertiary/aromatic N) is 1. The second kappa shape index (κ2) is 4.47. The third kappa shape index (κ3) is 1.98. The van der Waals surface area contributed by atoms with Crippen molar-refractivity contribution in [1.29, 1.82) is 0 Å². The number of likely N-dealkylation sites (tertiary alicyclic amines) is 1. The van der Waals surface area contributed by atoms with Gasteiger partial charge in [-0.3, -0.25) is 14.4 Å². The number of hydrogen-bond donors (Lipinski definition) is 0. The molecule has 1 saturated heterocycles. The number of hydrogen-bond acceptors (Lipinski definition) is 4.